The van der Waals surface area contributed by atoms with Crippen molar-refractivity contribution < 1.29 is 4.74 Å². The van der Waals surface area contributed by atoms with Crippen LogP contribution in [0, 0.1) is 6.92 Å². The van der Waals surface area contributed by atoms with Crippen LogP contribution in [0.3, 0.4) is 0 Å². The molecule has 0 fully saturated rings. The summed E-state index contributed by atoms with van der Waals surface area (Å²) in [6.07, 6.45) is 3.82. The predicted octanol–water partition coefficient (Wildman–Crippen LogP) is 4.61. The smallest absolute Gasteiger partial charge is 0.233 e. The largest absolute Gasteiger partial charge is 0.361 e. The average Bonchev–Trinajstić information content (AvgIpc) is 3.06. The molecule has 0 bridgehead atoms. The number of hydrogen-bond donors (Lipinski definition) is 0. The molecule has 2 aromatic heterocycles. The van der Waals surface area contributed by atoms with E-state index in [0.29, 0.717) is 6.73 Å². The van der Waals surface area contributed by atoms with Crippen LogP contribution >= 0.6 is 15.9 Å². The highest BCUT2D eigenvalue weighted by molar-refractivity contribution is 9.10. The Morgan fingerprint density at radius 2 is 2.04 bits per heavy atom. The van der Waals surface area contributed by atoms with Gasteiger partial charge in [0.25, 0.3) is 0 Å². The van der Waals surface area contributed by atoms with E-state index in [1.54, 1.807) is 0 Å². The monoisotopic (exact) mass is 406 g/mol. The highest BCUT2D eigenvalue weighted by Gasteiger charge is 2.15. The van der Waals surface area contributed by atoms with Gasteiger partial charge in [-0.25, -0.2) is 9.67 Å². The Kier molecular flexibility index (Phi) is 4.94. The highest BCUT2D eigenvalue weighted by Crippen LogP contribution is 2.23. The van der Waals surface area contributed by atoms with Crippen LogP contribution in [-0.4, -0.2) is 34.0 Å². The summed E-state index contributed by atoms with van der Waals surface area (Å²) in [5.41, 5.74) is 3.09. The number of imidazole rings is 1. The molecule has 0 atom stereocenters. The van der Waals surface area contributed by atoms with Gasteiger partial charge in [-0.3, -0.25) is 4.57 Å². The van der Waals surface area contributed by atoms with E-state index in [1.165, 1.54) is 0 Å². The van der Waals surface area contributed by atoms with E-state index in [9.17, 15) is 0 Å². The van der Waals surface area contributed by atoms with Gasteiger partial charge in [-0.05, 0) is 36.7 Å². The molecule has 24 heavy (non-hydrogen) atoms. The Hall–Kier alpha value is -1.44. The minimum absolute atomic E-state index is 0.483. The van der Waals surface area contributed by atoms with Crippen molar-refractivity contribution in [2.45, 2.75) is 39.3 Å². The van der Waals surface area contributed by atoms with E-state index in [1.807, 2.05) is 36.1 Å². The fourth-order valence-corrected chi connectivity index (χ4v) is 3.55. The Morgan fingerprint density at radius 1 is 1.25 bits per heavy atom. The van der Waals surface area contributed by atoms with Crippen LogP contribution in [0.25, 0.3) is 17.0 Å². The predicted molar refractivity (Wildman–Crippen MR) is 103 cm³/mol. The molecule has 3 rings (SSSR count). The quantitative estimate of drug-likeness (QED) is 0.443. The molecule has 3 aromatic rings. The van der Waals surface area contributed by atoms with E-state index in [0.717, 1.165) is 39.7 Å². The first-order valence-electron chi connectivity index (χ1n) is 8.09. The molecule has 0 unspecified atom stereocenters. The van der Waals surface area contributed by atoms with Gasteiger partial charge in [0.1, 0.15) is 6.73 Å². The Bertz CT molecular complexity index is 850. The van der Waals surface area contributed by atoms with Gasteiger partial charge in [0.15, 0.2) is 0 Å². The number of aryl methyl sites for hydroxylation is 1. The van der Waals surface area contributed by atoms with Crippen LogP contribution in [0.2, 0.25) is 25.7 Å². The summed E-state index contributed by atoms with van der Waals surface area (Å²) in [6, 6.07) is 7.27. The molecule has 0 aliphatic heterocycles. The van der Waals surface area contributed by atoms with Crippen molar-refractivity contribution in [3.8, 4) is 5.95 Å². The van der Waals surface area contributed by atoms with Gasteiger partial charge >= 0.3 is 0 Å². The van der Waals surface area contributed by atoms with Gasteiger partial charge in [-0.2, -0.15) is 5.10 Å². The van der Waals surface area contributed by atoms with E-state index in [-0.39, 0.29) is 0 Å². The number of hydrogen-bond acceptors (Lipinski definition) is 3. The molecule has 2 heterocycles. The van der Waals surface area contributed by atoms with Crippen LogP contribution in [0.5, 0.6) is 0 Å². The topological polar surface area (TPSA) is 44.9 Å². The van der Waals surface area contributed by atoms with Crippen LogP contribution in [0.1, 0.15) is 5.56 Å². The standard InChI is InChI=1S/C17H23BrN4OSi/c1-13-10-19-22(11-13)17-20-15-9-14(18)5-6-16(15)21(17)12-23-7-8-24(2,3)4/h5-6,9-11H,7-8,12H2,1-4H3. The Balaban J connectivity index is 1.91. The number of aromatic nitrogens is 4. The molecule has 5 nitrogen and oxygen atoms in total. The summed E-state index contributed by atoms with van der Waals surface area (Å²) < 4.78 is 10.9. The molecule has 0 saturated heterocycles. The molecule has 0 N–H and O–H groups in total. The first-order chi connectivity index (χ1) is 11.3. The Morgan fingerprint density at radius 3 is 2.71 bits per heavy atom. The minimum Gasteiger partial charge on any atom is -0.361 e. The third kappa shape index (κ3) is 3.96. The number of halogens is 1. The van der Waals surface area contributed by atoms with Gasteiger partial charge in [-0.1, -0.05) is 35.6 Å². The summed E-state index contributed by atoms with van der Waals surface area (Å²) in [4.78, 5) is 4.75. The number of rotatable bonds is 6. The summed E-state index contributed by atoms with van der Waals surface area (Å²) in [5.74, 6) is 0.782. The molecule has 0 amide bonds. The van der Waals surface area contributed by atoms with Crippen molar-refractivity contribution in [1.29, 1.82) is 0 Å². The molecule has 0 spiro atoms. The first-order valence-corrected chi connectivity index (χ1v) is 12.6. The maximum absolute atomic E-state index is 5.97. The van der Waals surface area contributed by atoms with Crippen molar-refractivity contribution in [3.63, 3.8) is 0 Å². The fraction of sp³-hybridized carbons (Fsp3) is 0.412. The van der Waals surface area contributed by atoms with Gasteiger partial charge < -0.3 is 4.74 Å². The first kappa shape index (κ1) is 17.4. The average molecular weight is 407 g/mol. The number of fused-ring (bicyclic) bond motifs is 1. The molecule has 0 saturated carbocycles. The van der Waals surface area contributed by atoms with Gasteiger partial charge in [0.2, 0.25) is 5.95 Å². The van der Waals surface area contributed by atoms with Gasteiger partial charge in [0, 0.05) is 25.4 Å². The van der Waals surface area contributed by atoms with Crippen LogP contribution in [0.4, 0.5) is 0 Å². The van der Waals surface area contributed by atoms with E-state index in [4.69, 9.17) is 9.72 Å². The summed E-state index contributed by atoms with van der Waals surface area (Å²) in [6.45, 7) is 10.4. The molecule has 1 aromatic carbocycles. The lowest BCUT2D eigenvalue weighted by Gasteiger charge is -2.16. The lowest BCUT2D eigenvalue weighted by molar-refractivity contribution is 0.0894. The zero-order chi connectivity index (χ0) is 17.3. The van der Waals surface area contributed by atoms with Crippen LogP contribution in [-0.2, 0) is 11.5 Å². The third-order valence-electron chi connectivity index (χ3n) is 3.82. The van der Waals surface area contributed by atoms with Gasteiger partial charge in [-0.15, -0.1) is 0 Å². The van der Waals surface area contributed by atoms with Crippen molar-refractivity contribution >= 4 is 35.0 Å². The number of benzene rings is 1. The number of ether oxygens (including phenoxy) is 1. The third-order valence-corrected chi connectivity index (χ3v) is 6.02. The van der Waals surface area contributed by atoms with E-state index in [2.05, 4.69) is 51.3 Å². The maximum Gasteiger partial charge on any atom is 0.233 e. The SMILES string of the molecule is Cc1cnn(-c2nc3cc(Br)ccc3n2COCC[Si](C)(C)C)c1. The lowest BCUT2D eigenvalue weighted by Crippen LogP contribution is -2.22. The molecule has 0 aliphatic rings. The normalized spacial score (nSPS) is 12.2. The minimum atomic E-state index is -1.09. The second-order valence-electron chi connectivity index (χ2n) is 7.28. The lowest BCUT2D eigenvalue weighted by atomic mass is 10.3. The number of nitrogens with zero attached hydrogens (tertiary/aromatic N) is 4. The summed E-state index contributed by atoms with van der Waals surface area (Å²) in [5, 5.41) is 4.40. The van der Waals surface area contributed by atoms with E-state index >= 15 is 0 Å². The van der Waals surface area contributed by atoms with Crippen molar-refractivity contribution in [2.24, 2.45) is 0 Å². The summed E-state index contributed by atoms with van der Waals surface area (Å²) >= 11 is 3.51. The second kappa shape index (κ2) is 6.82. The summed E-state index contributed by atoms with van der Waals surface area (Å²) in [7, 11) is -1.09. The zero-order valence-electron chi connectivity index (χ0n) is 14.6. The molecular weight excluding hydrogens is 384 g/mol. The van der Waals surface area contributed by atoms with Crippen molar-refractivity contribution in [2.75, 3.05) is 6.61 Å². The second-order valence-corrected chi connectivity index (χ2v) is 13.8. The maximum atomic E-state index is 5.97. The fourth-order valence-electron chi connectivity index (χ4n) is 2.45. The molecule has 7 heteroatoms. The van der Waals surface area contributed by atoms with Crippen molar-refractivity contribution in [1.82, 2.24) is 19.3 Å². The van der Waals surface area contributed by atoms with Gasteiger partial charge in [0.05, 0.1) is 17.2 Å². The van der Waals surface area contributed by atoms with Crippen molar-refractivity contribution in [3.05, 3.63) is 40.6 Å². The van der Waals surface area contributed by atoms with Crippen LogP contribution < -0.4 is 0 Å². The molecule has 128 valence electrons. The molecular formula is C17H23BrN4OSi. The Labute approximate surface area is 151 Å². The highest BCUT2D eigenvalue weighted by atomic mass is 79.9. The molecule has 0 radical (unpaired) electrons. The van der Waals surface area contributed by atoms with Crippen LogP contribution in [0.15, 0.2) is 35.1 Å². The molecule has 0 aliphatic carbocycles. The van der Waals surface area contributed by atoms with E-state index < -0.39 is 8.07 Å². The zero-order valence-corrected chi connectivity index (χ0v) is 17.2.